The first-order chi connectivity index (χ1) is 14.0. The Hall–Kier alpha value is -1.95. The number of hydrogen-bond donors (Lipinski definition) is 2. The van der Waals surface area contributed by atoms with Gasteiger partial charge in [0.05, 0.1) is 0 Å². The van der Waals surface area contributed by atoms with Gasteiger partial charge in [-0.1, -0.05) is 60.7 Å². The molecule has 0 unspecified atom stereocenters. The Balaban J connectivity index is 1.57. The van der Waals surface area contributed by atoms with Gasteiger partial charge in [0, 0.05) is 22.8 Å². The summed E-state index contributed by atoms with van der Waals surface area (Å²) in [6, 6.07) is 8.61. The maximum absolute atomic E-state index is 12.6. The van der Waals surface area contributed by atoms with E-state index in [1.807, 2.05) is 6.92 Å². The number of anilines is 1. The highest BCUT2D eigenvalue weighted by atomic mass is 79.9. The topological polar surface area (TPSA) is 66.9 Å². The molecule has 0 spiro atoms. The van der Waals surface area contributed by atoms with Gasteiger partial charge in [0.2, 0.25) is 5.95 Å². The van der Waals surface area contributed by atoms with Gasteiger partial charge >= 0.3 is 0 Å². The van der Waals surface area contributed by atoms with Gasteiger partial charge in [-0.2, -0.15) is 0 Å². The summed E-state index contributed by atoms with van der Waals surface area (Å²) in [5.74, 6) is 0.414. The molecule has 0 bridgehead atoms. The van der Waals surface area contributed by atoms with Crippen molar-refractivity contribution in [3.8, 4) is 0 Å². The Morgan fingerprint density at radius 1 is 1.14 bits per heavy atom. The van der Waals surface area contributed by atoms with Crippen LogP contribution in [0.3, 0.4) is 0 Å². The largest absolute Gasteiger partial charge is 0.354 e. The van der Waals surface area contributed by atoms with Crippen molar-refractivity contribution in [1.29, 1.82) is 0 Å². The standard InChI is InChI=1S/C23H31BrN4O/c1-3-7-17-10-11-18(20(24)15-17)12-13-25-23-26-16(2)14-21(28-23)22(29)27-19-8-5-4-6-9-19/h10-11,14-15,19H,3-9,12-13H2,1-2H3,(H,27,29)(H,25,26,28). The molecular formula is C23H31BrN4O. The molecule has 3 rings (SSSR count). The number of aromatic nitrogens is 2. The highest BCUT2D eigenvalue weighted by molar-refractivity contribution is 9.10. The fraction of sp³-hybridized carbons (Fsp3) is 0.522. The molecule has 29 heavy (non-hydrogen) atoms. The van der Waals surface area contributed by atoms with Crippen LogP contribution in [0.4, 0.5) is 5.95 Å². The Labute approximate surface area is 182 Å². The van der Waals surface area contributed by atoms with Crippen LogP contribution < -0.4 is 10.6 Å². The molecule has 1 aliphatic rings. The fourth-order valence-corrected chi connectivity index (χ4v) is 4.44. The van der Waals surface area contributed by atoms with E-state index in [0.29, 0.717) is 18.2 Å². The Kier molecular flexibility index (Phi) is 8.04. The number of carbonyl (C=O) groups is 1. The van der Waals surface area contributed by atoms with Crippen molar-refractivity contribution in [2.75, 3.05) is 11.9 Å². The molecule has 1 aliphatic carbocycles. The molecule has 0 radical (unpaired) electrons. The van der Waals surface area contributed by atoms with Crippen molar-refractivity contribution >= 4 is 27.8 Å². The van der Waals surface area contributed by atoms with E-state index in [1.165, 1.54) is 30.4 Å². The molecule has 1 aromatic heterocycles. The van der Waals surface area contributed by atoms with E-state index in [4.69, 9.17) is 0 Å². The van der Waals surface area contributed by atoms with E-state index in [9.17, 15) is 4.79 Å². The van der Waals surface area contributed by atoms with Gasteiger partial charge in [-0.05, 0) is 55.9 Å². The van der Waals surface area contributed by atoms with Crippen molar-refractivity contribution in [3.63, 3.8) is 0 Å². The van der Waals surface area contributed by atoms with Gasteiger partial charge in [0.25, 0.3) is 5.91 Å². The zero-order valence-electron chi connectivity index (χ0n) is 17.4. The number of benzene rings is 1. The summed E-state index contributed by atoms with van der Waals surface area (Å²) in [5, 5.41) is 6.41. The lowest BCUT2D eigenvalue weighted by atomic mass is 9.95. The summed E-state index contributed by atoms with van der Waals surface area (Å²) in [6.07, 6.45) is 8.87. The second-order valence-electron chi connectivity index (χ2n) is 7.88. The quantitative estimate of drug-likeness (QED) is 0.568. The number of hydrogen-bond acceptors (Lipinski definition) is 4. The van der Waals surface area contributed by atoms with Crippen molar-refractivity contribution in [3.05, 3.63) is 51.3 Å². The fourth-order valence-electron chi connectivity index (χ4n) is 3.82. The average Bonchev–Trinajstić information content (AvgIpc) is 2.70. The Morgan fingerprint density at radius 2 is 1.93 bits per heavy atom. The van der Waals surface area contributed by atoms with Crippen LogP contribution in [0.15, 0.2) is 28.7 Å². The van der Waals surface area contributed by atoms with E-state index in [1.54, 1.807) is 6.07 Å². The van der Waals surface area contributed by atoms with Crippen LogP contribution in [-0.4, -0.2) is 28.5 Å². The van der Waals surface area contributed by atoms with Crippen molar-refractivity contribution in [1.82, 2.24) is 15.3 Å². The third-order valence-electron chi connectivity index (χ3n) is 5.36. The van der Waals surface area contributed by atoms with Gasteiger partial charge in [-0.3, -0.25) is 4.79 Å². The first kappa shape index (κ1) is 21.8. The van der Waals surface area contributed by atoms with Crippen LogP contribution in [0, 0.1) is 6.92 Å². The molecule has 1 amide bonds. The molecule has 0 saturated heterocycles. The molecule has 156 valence electrons. The van der Waals surface area contributed by atoms with Gasteiger partial charge in [-0.25, -0.2) is 9.97 Å². The number of nitrogens with one attached hydrogen (secondary N) is 2. The molecule has 1 fully saturated rings. The minimum atomic E-state index is -0.0975. The second-order valence-corrected chi connectivity index (χ2v) is 8.73. The number of aryl methyl sites for hydroxylation is 2. The van der Waals surface area contributed by atoms with E-state index in [-0.39, 0.29) is 11.9 Å². The Morgan fingerprint density at radius 3 is 2.66 bits per heavy atom. The van der Waals surface area contributed by atoms with Crippen LogP contribution in [0.2, 0.25) is 0 Å². The lowest BCUT2D eigenvalue weighted by Crippen LogP contribution is -2.36. The number of amides is 1. The lowest BCUT2D eigenvalue weighted by Gasteiger charge is -2.22. The predicted molar refractivity (Wildman–Crippen MR) is 121 cm³/mol. The third kappa shape index (κ3) is 6.53. The molecule has 2 N–H and O–H groups in total. The lowest BCUT2D eigenvalue weighted by molar-refractivity contribution is 0.0922. The third-order valence-corrected chi connectivity index (χ3v) is 6.10. The van der Waals surface area contributed by atoms with Crippen LogP contribution in [0.25, 0.3) is 0 Å². The van der Waals surface area contributed by atoms with Crippen LogP contribution in [0.5, 0.6) is 0 Å². The van der Waals surface area contributed by atoms with Gasteiger partial charge in [0.1, 0.15) is 5.69 Å². The zero-order valence-corrected chi connectivity index (χ0v) is 19.0. The molecule has 1 aromatic carbocycles. The number of rotatable bonds is 8. The molecule has 5 nitrogen and oxygen atoms in total. The first-order valence-electron chi connectivity index (χ1n) is 10.7. The summed E-state index contributed by atoms with van der Waals surface area (Å²) in [4.78, 5) is 21.5. The molecule has 1 heterocycles. The Bertz CT molecular complexity index is 834. The number of nitrogens with zero attached hydrogens (tertiary/aromatic N) is 2. The van der Waals surface area contributed by atoms with Crippen LogP contribution in [0.1, 0.15) is 72.8 Å². The molecule has 0 aliphatic heterocycles. The van der Waals surface area contributed by atoms with Crippen LogP contribution >= 0.6 is 15.9 Å². The zero-order chi connectivity index (χ0) is 20.6. The van der Waals surface area contributed by atoms with Gasteiger partial charge < -0.3 is 10.6 Å². The van der Waals surface area contributed by atoms with Crippen molar-refractivity contribution in [2.45, 2.75) is 71.3 Å². The highest BCUT2D eigenvalue weighted by Gasteiger charge is 2.18. The highest BCUT2D eigenvalue weighted by Crippen LogP contribution is 2.20. The minimum absolute atomic E-state index is 0.0975. The maximum Gasteiger partial charge on any atom is 0.270 e. The molecular weight excluding hydrogens is 428 g/mol. The van der Waals surface area contributed by atoms with Crippen LogP contribution in [-0.2, 0) is 12.8 Å². The van der Waals surface area contributed by atoms with E-state index in [0.717, 1.165) is 42.3 Å². The number of carbonyl (C=O) groups excluding carboxylic acids is 1. The van der Waals surface area contributed by atoms with Crippen molar-refractivity contribution in [2.24, 2.45) is 0 Å². The molecule has 2 aromatic rings. The van der Waals surface area contributed by atoms with Crippen molar-refractivity contribution < 1.29 is 4.79 Å². The first-order valence-corrected chi connectivity index (χ1v) is 11.5. The summed E-state index contributed by atoms with van der Waals surface area (Å²) >= 11 is 3.68. The smallest absolute Gasteiger partial charge is 0.270 e. The number of halogens is 1. The molecule has 6 heteroatoms. The predicted octanol–water partition coefficient (Wildman–Crippen LogP) is 5.22. The van der Waals surface area contributed by atoms with E-state index < -0.39 is 0 Å². The molecule has 1 saturated carbocycles. The molecule has 0 atom stereocenters. The summed E-state index contributed by atoms with van der Waals surface area (Å²) in [7, 11) is 0. The monoisotopic (exact) mass is 458 g/mol. The van der Waals surface area contributed by atoms with Gasteiger partial charge in [-0.15, -0.1) is 0 Å². The minimum Gasteiger partial charge on any atom is -0.354 e. The maximum atomic E-state index is 12.6. The summed E-state index contributed by atoms with van der Waals surface area (Å²) in [6.45, 7) is 4.80. The van der Waals surface area contributed by atoms with E-state index in [2.05, 4.69) is 61.7 Å². The average molecular weight is 459 g/mol. The SMILES string of the molecule is CCCc1ccc(CCNc2nc(C)cc(C(=O)NC3CCCCC3)n2)c(Br)c1. The second kappa shape index (κ2) is 10.7. The summed E-state index contributed by atoms with van der Waals surface area (Å²) in [5.41, 5.74) is 3.84. The summed E-state index contributed by atoms with van der Waals surface area (Å²) < 4.78 is 1.14. The van der Waals surface area contributed by atoms with Gasteiger partial charge in [0.15, 0.2) is 0 Å². The normalized spacial score (nSPS) is 14.6. The van der Waals surface area contributed by atoms with E-state index >= 15 is 0 Å².